The molecule has 1 aliphatic heterocycles. The number of methoxy groups -OCH3 is 1. The molecular formula is C22H27Cl2N3O. The van der Waals surface area contributed by atoms with Crippen LogP contribution in [0.5, 0.6) is 5.75 Å². The van der Waals surface area contributed by atoms with Crippen LogP contribution in [-0.2, 0) is 11.8 Å². The molecule has 150 valence electrons. The second kappa shape index (κ2) is 9.97. The fourth-order valence-corrected chi connectivity index (χ4v) is 4.00. The molecule has 1 fully saturated rings. The second-order valence-electron chi connectivity index (χ2n) is 7.06. The molecule has 3 aromatic rings. The van der Waals surface area contributed by atoms with Gasteiger partial charge in [-0.15, -0.1) is 24.8 Å². The molecule has 28 heavy (non-hydrogen) atoms. The minimum absolute atomic E-state index is 0. The van der Waals surface area contributed by atoms with Crippen molar-refractivity contribution in [1.29, 1.82) is 0 Å². The first-order chi connectivity index (χ1) is 12.8. The number of benzene rings is 2. The molecule has 0 spiro atoms. The number of rotatable bonds is 5. The Balaban J connectivity index is 0.00000140. The van der Waals surface area contributed by atoms with Gasteiger partial charge in [-0.05, 0) is 50.0 Å². The smallest absolute Gasteiger partial charge is 0.137 e. The van der Waals surface area contributed by atoms with Gasteiger partial charge in [0.25, 0.3) is 0 Å². The molecule has 0 radical (unpaired) electrons. The molecule has 0 atom stereocenters. The number of imidazole rings is 1. The van der Waals surface area contributed by atoms with Crippen LogP contribution in [0.1, 0.15) is 24.1 Å². The summed E-state index contributed by atoms with van der Waals surface area (Å²) in [5.74, 6) is 1.75. The number of aromatic nitrogens is 2. The van der Waals surface area contributed by atoms with Crippen LogP contribution >= 0.6 is 24.8 Å². The van der Waals surface area contributed by atoms with Gasteiger partial charge in [-0.25, -0.2) is 4.98 Å². The maximum absolute atomic E-state index is 5.33. The molecular weight excluding hydrogens is 393 g/mol. The summed E-state index contributed by atoms with van der Waals surface area (Å²) in [4.78, 5) is 8.16. The maximum Gasteiger partial charge on any atom is 0.137 e. The van der Waals surface area contributed by atoms with Crippen LogP contribution in [0.3, 0.4) is 0 Å². The van der Waals surface area contributed by atoms with Crippen molar-refractivity contribution < 1.29 is 4.74 Å². The standard InChI is InChI=1S/C22H25N3O.2ClH/c1-26-20-9-5-6-17(14-20)21-24-16-19(25-21)15-22(10-12-23-13-11-22)18-7-3-2-4-8-18;;/h2-9,14,16,23H,10-13,15H2,1H3,(H,24,25);2*1H. The highest BCUT2D eigenvalue weighted by atomic mass is 35.5. The van der Waals surface area contributed by atoms with Crippen LogP contribution in [0.15, 0.2) is 60.8 Å². The zero-order valence-corrected chi connectivity index (χ0v) is 17.6. The van der Waals surface area contributed by atoms with Gasteiger partial charge in [-0.2, -0.15) is 0 Å². The molecule has 1 saturated heterocycles. The molecule has 6 heteroatoms. The number of halogens is 2. The van der Waals surface area contributed by atoms with E-state index in [9.17, 15) is 0 Å². The number of nitrogens with zero attached hydrogens (tertiary/aromatic N) is 1. The topological polar surface area (TPSA) is 49.9 Å². The highest BCUT2D eigenvalue weighted by molar-refractivity contribution is 5.85. The highest BCUT2D eigenvalue weighted by Gasteiger charge is 2.34. The lowest BCUT2D eigenvalue weighted by atomic mass is 9.70. The van der Waals surface area contributed by atoms with E-state index in [1.54, 1.807) is 7.11 Å². The van der Waals surface area contributed by atoms with Gasteiger partial charge in [0.1, 0.15) is 11.6 Å². The predicted octanol–water partition coefficient (Wildman–Crippen LogP) is 4.79. The number of aromatic amines is 1. The Bertz CT molecular complexity index is 861. The van der Waals surface area contributed by atoms with Gasteiger partial charge in [0.2, 0.25) is 0 Å². The Morgan fingerprint density at radius 2 is 1.75 bits per heavy atom. The Morgan fingerprint density at radius 1 is 1.00 bits per heavy atom. The third-order valence-corrected chi connectivity index (χ3v) is 5.45. The Morgan fingerprint density at radius 3 is 2.46 bits per heavy atom. The average Bonchev–Trinajstić information content (AvgIpc) is 3.18. The van der Waals surface area contributed by atoms with E-state index in [2.05, 4.69) is 51.7 Å². The Hall–Kier alpha value is -2.01. The monoisotopic (exact) mass is 419 g/mol. The minimum atomic E-state index is 0. The van der Waals surface area contributed by atoms with Crippen molar-refractivity contribution in [3.63, 3.8) is 0 Å². The van der Waals surface area contributed by atoms with E-state index in [0.29, 0.717) is 0 Å². The molecule has 2 aromatic carbocycles. The van der Waals surface area contributed by atoms with Crippen molar-refractivity contribution in [2.75, 3.05) is 20.2 Å². The quantitative estimate of drug-likeness (QED) is 0.624. The lowest BCUT2D eigenvalue weighted by molar-refractivity contribution is 0.303. The van der Waals surface area contributed by atoms with Crippen LogP contribution < -0.4 is 10.1 Å². The number of hydrogen-bond donors (Lipinski definition) is 2. The van der Waals surface area contributed by atoms with Crippen LogP contribution in [0.4, 0.5) is 0 Å². The van der Waals surface area contributed by atoms with E-state index in [-0.39, 0.29) is 30.2 Å². The van der Waals surface area contributed by atoms with Gasteiger partial charge in [0, 0.05) is 22.9 Å². The van der Waals surface area contributed by atoms with E-state index in [4.69, 9.17) is 4.74 Å². The third-order valence-electron chi connectivity index (χ3n) is 5.45. The third kappa shape index (κ3) is 4.69. The molecule has 1 aliphatic rings. The molecule has 2 N–H and O–H groups in total. The minimum Gasteiger partial charge on any atom is -0.497 e. The number of ether oxygens (including phenoxy) is 1. The van der Waals surface area contributed by atoms with Crippen molar-refractivity contribution in [2.45, 2.75) is 24.7 Å². The van der Waals surface area contributed by atoms with Gasteiger partial charge < -0.3 is 15.0 Å². The zero-order chi connectivity index (χ0) is 17.8. The maximum atomic E-state index is 5.33. The van der Waals surface area contributed by atoms with Gasteiger partial charge in [-0.3, -0.25) is 0 Å². The number of H-pyrrole nitrogens is 1. The van der Waals surface area contributed by atoms with Crippen molar-refractivity contribution in [3.8, 4) is 17.1 Å². The summed E-state index contributed by atoms with van der Waals surface area (Å²) in [7, 11) is 1.69. The van der Waals surface area contributed by atoms with E-state index >= 15 is 0 Å². The van der Waals surface area contributed by atoms with Crippen LogP contribution in [0.2, 0.25) is 0 Å². The number of nitrogens with one attached hydrogen (secondary N) is 2. The first-order valence-corrected chi connectivity index (χ1v) is 9.24. The van der Waals surface area contributed by atoms with Crippen molar-refractivity contribution in [3.05, 3.63) is 72.1 Å². The molecule has 0 bridgehead atoms. The molecule has 0 saturated carbocycles. The van der Waals surface area contributed by atoms with E-state index in [0.717, 1.165) is 49.5 Å². The largest absolute Gasteiger partial charge is 0.497 e. The van der Waals surface area contributed by atoms with E-state index in [1.165, 1.54) is 11.3 Å². The number of hydrogen-bond acceptors (Lipinski definition) is 3. The van der Waals surface area contributed by atoms with Crippen LogP contribution in [-0.4, -0.2) is 30.2 Å². The summed E-state index contributed by atoms with van der Waals surface area (Å²) in [6.07, 6.45) is 5.26. The Kier molecular flexibility index (Phi) is 7.93. The van der Waals surface area contributed by atoms with Crippen LogP contribution in [0.25, 0.3) is 11.4 Å². The van der Waals surface area contributed by atoms with E-state index in [1.807, 2.05) is 24.4 Å². The molecule has 4 rings (SSSR count). The van der Waals surface area contributed by atoms with Crippen LogP contribution in [0, 0.1) is 0 Å². The average molecular weight is 420 g/mol. The highest BCUT2D eigenvalue weighted by Crippen LogP contribution is 2.37. The van der Waals surface area contributed by atoms with E-state index < -0.39 is 0 Å². The second-order valence-corrected chi connectivity index (χ2v) is 7.06. The summed E-state index contributed by atoms with van der Waals surface area (Å²) >= 11 is 0. The molecule has 0 aliphatic carbocycles. The summed E-state index contributed by atoms with van der Waals surface area (Å²) in [6, 6.07) is 18.9. The van der Waals surface area contributed by atoms with Gasteiger partial charge in [-0.1, -0.05) is 42.5 Å². The fraction of sp³-hybridized carbons (Fsp3) is 0.318. The molecule has 2 heterocycles. The molecule has 0 unspecified atom stereocenters. The predicted molar refractivity (Wildman–Crippen MR) is 119 cm³/mol. The van der Waals surface area contributed by atoms with Crippen molar-refractivity contribution in [2.24, 2.45) is 0 Å². The normalized spacial score (nSPS) is 15.2. The zero-order valence-electron chi connectivity index (χ0n) is 16.0. The molecule has 1 aromatic heterocycles. The SMILES string of the molecule is COc1cccc(-c2ncc(CC3(c4ccccc4)CCNCC3)[nH]2)c1.Cl.Cl. The lowest BCUT2D eigenvalue weighted by Crippen LogP contribution is -2.41. The van der Waals surface area contributed by atoms with Crippen molar-refractivity contribution >= 4 is 24.8 Å². The molecule has 4 nitrogen and oxygen atoms in total. The lowest BCUT2D eigenvalue weighted by Gasteiger charge is -2.38. The summed E-state index contributed by atoms with van der Waals surface area (Å²) in [5, 5.41) is 3.50. The fourth-order valence-electron chi connectivity index (χ4n) is 4.00. The van der Waals surface area contributed by atoms with Gasteiger partial charge >= 0.3 is 0 Å². The van der Waals surface area contributed by atoms with Gasteiger partial charge in [0.05, 0.1) is 7.11 Å². The van der Waals surface area contributed by atoms with Gasteiger partial charge in [0.15, 0.2) is 0 Å². The molecule has 0 amide bonds. The first kappa shape index (κ1) is 22.3. The number of piperidine rings is 1. The summed E-state index contributed by atoms with van der Waals surface area (Å²) in [5.41, 5.74) is 3.84. The first-order valence-electron chi connectivity index (χ1n) is 9.24. The summed E-state index contributed by atoms with van der Waals surface area (Å²) < 4.78 is 5.33. The Labute approximate surface area is 178 Å². The summed E-state index contributed by atoms with van der Waals surface area (Å²) in [6.45, 7) is 2.12. The van der Waals surface area contributed by atoms with Crippen molar-refractivity contribution in [1.82, 2.24) is 15.3 Å².